The first-order valence-electron chi connectivity index (χ1n) is 21.2. The third-order valence-corrected chi connectivity index (χ3v) is 20.1. The van der Waals surface area contributed by atoms with Gasteiger partial charge in [0.1, 0.15) is 22.1 Å². The Morgan fingerprint density at radius 2 is 0.820 bits per heavy atom. The van der Waals surface area contributed by atoms with Crippen LogP contribution >= 0.6 is 112 Å². The first-order valence-corrected chi connectivity index (χ1v) is 28.4. The molecule has 0 radical (unpaired) electrons. The third kappa shape index (κ3) is 9.25. The first-order chi connectivity index (χ1) is 29.8. The summed E-state index contributed by atoms with van der Waals surface area (Å²) in [4.78, 5) is 10.3. The number of halogens is 2. The number of nitrogens with zero attached hydrogens (tertiary/aromatic N) is 4. The fourth-order valence-electron chi connectivity index (χ4n) is 8.38. The quantitative estimate of drug-likeness (QED) is 0.0859. The Kier molecular flexibility index (Phi) is 14.2. The van der Waals surface area contributed by atoms with Crippen LogP contribution in [0, 0.1) is 11.8 Å². The van der Waals surface area contributed by atoms with Crippen molar-refractivity contribution < 1.29 is 0 Å². The van der Waals surface area contributed by atoms with Crippen molar-refractivity contribution in [3.05, 3.63) is 91.5 Å². The van der Waals surface area contributed by atoms with Crippen LogP contribution < -0.4 is 0 Å². The molecule has 0 aliphatic rings. The summed E-state index contributed by atoms with van der Waals surface area (Å²) in [5, 5.41) is 0. The van der Waals surface area contributed by atoms with Crippen LogP contribution in [0.5, 0.6) is 0 Å². The summed E-state index contributed by atoms with van der Waals surface area (Å²) in [5.74, 6) is 1.38. The molecule has 61 heavy (non-hydrogen) atoms. The van der Waals surface area contributed by atoms with E-state index in [0.29, 0.717) is 11.8 Å². The molecule has 2 unspecified atom stereocenters. The Morgan fingerprint density at radius 3 is 1.16 bits per heavy atom. The summed E-state index contributed by atoms with van der Waals surface area (Å²) in [6.45, 7) is 9.28. The van der Waals surface area contributed by atoms with Crippen LogP contribution in [0.15, 0.2) is 80.4 Å². The maximum Gasteiger partial charge on any atom is 0.114 e. The minimum absolute atomic E-state index is 0.688. The second-order valence-corrected chi connectivity index (χ2v) is 25.0. The number of thiophene rings is 5. The van der Waals surface area contributed by atoms with Gasteiger partial charge in [0.2, 0.25) is 0 Å². The van der Waals surface area contributed by atoms with Gasteiger partial charge in [-0.05, 0) is 116 Å². The number of benzene rings is 2. The lowest BCUT2D eigenvalue weighted by molar-refractivity contribution is 0.450. The monoisotopic (exact) mass is 1060 g/mol. The van der Waals surface area contributed by atoms with E-state index >= 15 is 0 Å². The number of hydrogen-bond donors (Lipinski definition) is 0. The number of fused-ring (bicyclic) bond motifs is 2. The molecule has 2 aromatic carbocycles. The minimum Gasteiger partial charge on any atom is -0.172 e. The van der Waals surface area contributed by atoms with Gasteiger partial charge in [-0.25, -0.2) is 0 Å². The molecule has 9 rings (SSSR count). The van der Waals surface area contributed by atoms with Crippen LogP contribution in [0.4, 0.5) is 0 Å². The molecule has 314 valence electrons. The van der Waals surface area contributed by atoms with Crippen LogP contribution in [0.2, 0.25) is 0 Å². The number of unbranched alkanes of at least 4 members (excludes halogenated alkanes) is 2. The van der Waals surface area contributed by atoms with E-state index < -0.39 is 0 Å². The van der Waals surface area contributed by atoms with Gasteiger partial charge >= 0.3 is 0 Å². The second-order valence-electron chi connectivity index (χ2n) is 15.8. The molecular formula is C48H46Br2N4S7. The zero-order chi connectivity index (χ0) is 42.0. The normalized spacial score (nSPS) is 13.0. The Bertz CT molecular complexity index is 2710. The fourth-order valence-corrected chi connectivity index (χ4v) is 16.1. The van der Waals surface area contributed by atoms with E-state index in [0.717, 1.165) is 46.0 Å². The number of aromatic nitrogens is 4. The van der Waals surface area contributed by atoms with Crippen molar-refractivity contribution in [2.45, 2.75) is 91.9 Å². The maximum absolute atomic E-state index is 4.93. The molecule has 0 aliphatic heterocycles. The van der Waals surface area contributed by atoms with Crippen LogP contribution in [-0.4, -0.2) is 17.5 Å². The average molecular weight is 1060 g/mol. The van der Waals surface area contributed by atoms with E-state index in [9.17, 15) is 0 Å². The highest BCUT2D eigenvalue weighted by atomic mass is 79.9. The van der Waals surface area contributed by atoms with E-state index in [1.165, 1.54) is 144 Å². The third-order valence-electron chi connectivity index (χ3n) is 11.8. The maximum atomic E-state index is 4.93. The van der Waals surface area contributed by atoms with Gasteiger partial charge in [0.05, 0.1) is 31.0 Å². The standard InChI is InChI=1S/C48H46Br2N4S7/c1-5-9-11-27(7-3)23-29-25-39(58-47(29)37-19-21-41(49)56-37)33-15-13-31(43-45(33)53-60-51-43)35-17-18-36(55-35)32-14-16-34(46-44(32)52-61-54-46)40-26-30(24-28(8-4)12-10-6-2)48(59-40)38-20-22-42(50)57-38/h13-22,25-28H,5-12,23-24H2,1-4H3. The summed E-state index contributed by atoms with van der Waals surface area (Å²) in [6, 6.07) is 27.3. The zero-order valence-electron chi connectivity index (χ0n) is 34.6. The van der Waals surface area contributed by atoms with Gasteiger partial charge in [0.15, 0.2) is 0 Å². The summed E-state index contributed by atoms with van der Waals surface area (Å²) >= 11 is 19.3. The van der Waals surface area contributed by atoms with E-state index in [1.54, 1.807) is 11.3 Å². The Morgan fingerprint density at radius 1 is 0.443 bits per heavy atom. The van der Waals surface area contributed by atoms with Gasteiger partial charge in [-0.1, -0.05) is 103 Å². The van der Waals surface area contributed by atoms with Crippen molar-refractivity contribution >= 4 is 134 Å². The van der Waals surface area contributed by atoms with Crippen molar-refractivity contribution in [1.82, 2.24) is 17.5 Å². The molecular weight excluding hydrogens is 1020 g/mol. The van der Waals surface area contributed by atoms with E-state index in [2.05, 4.69) is 132 Å². The van der Waals surface area contributed by atoms with Crippen molar-refractivity contribution in [3.8, 4) is 61.3 Å². The van der Waals surface area contributed by atoms with Gasteiger partial charge in [0.25, 0.3) is 0 Å². The predicted octanol–water partition coefficient (Wildman–Crippen LogP) is 19.0. The lowest BCUT2D eigenvalue weighted by Gasteiger charge is -2.14. The van der Waals surface area contributed by atoms with Crippen LogP contribution in [0.3, 0.4) is 0 Å². The van der Waals surface area contributed by atoms with Crippen molar-refractivity contribution in [3.63, 3.8) is 0 Å². The zero-order valence-corrected chi connectivity index (χ0v) is 43.4. The molecule has 0 saturated heterocycles. The van der Waals surface area contributed by atoms with Crippen molar-refractivity contribution in [1.29, 1.82) is 0 Å². The van der Waals surface area contributed by atoms with Gasteiger partial charge in [-0.2, -0.15) is 17.5 Å². The summed E-state index contributed by atoms with van der Waals surface area (Å²) in [5.41, 5.74) is 11.4. The molecule has 4 nitrogen and oxygen atoms in total. The van der Waals surface area contributed by atoms with Gasteiger partial charge < -0.3 is 0 Å². The molecule has 0 N–H and O–H groups in total. The van der Waals surface area contributed by atoms with Gasteiger partial charge in [-0.3, -0.25) is 0 Å². The Hall–Kier alpha value is -2.46. The van der Waals surface area contributed by atoms with E-state index in [-0.39, 0.29) is 0 Å². The summed E-state index contributed by atoms with van der Waals surface area (Å²) in [6.07, 6.45) is 12.2. The molecule has 0 fully saturated rings. The molecule has 7 aromatic heterocycles. The summed E-state index contributed by atoms with van der Waals surface area (Å²) in [7, 11) is 0. The first kappa shape index (κ1) is 43.8. The molecule has 9 aromatic rings. The van der Waals surface area contributed by atoms with Crippen LogP contribution in [-0.2, 0) is 12.8 Å². The highest BCUT2D eigenvalue weighted by Gasteiger charge is 2.24. The second kappa shape index (κ2) is 19.7. The summed E-state index contributed by atoms with van der Waals surface area (Å²) < 4.78 is 22.0. The SMILES string of the molecule is CCCCC(CC)Cc1cc(-c2ccc(-c3ccc(-c4ccc(-c5cc(CC(CC)CCCC)c(-c6ccc(Br)s6)s5)c5nsnc45)s3)c3nsnc23)sc1-c1ccc(Br)s1. The lowest BCUT2D eigenvalue weighted by atomic mass is 9.91. The highest BCUT2D eigenvalue weighted by Crippen LogP contribution is 2.49. The molecule has 0 amide bonds. The van der Waals surface area contributed by atoms with Crippen LogP contribution in [0.1, 0.15) is 90.2 Å². The molecule has 0 bridgehead atoms. The van der Waals surface area contributed by atoms with Crippen LogP contribution in [0.25, 0.3) is 83.3 Å². The topological polar surface area (TPSA) is 51.6 Å². The van der Waals surface area contributed by atoms with Gasteiger partial charge in [-0.15, -0.1) is 56.7 Å². The predicted molar refractivity (Wildman–Crippen MR) is 280 cm³/mol. The molecule has 7 heterocycles. The molecule has 0 saturated carbocycles. The van der Waals surface area contributed by atoms with Gasteiger partial charge in [0, 0.05) is 61.3 Å². The largest absolute Gasteiger partial charge is 0.172 e. The Balaban J connectivity index is 1.04. The molecule has 13 heteroatoms. The smallest absolute Gasteiger partial charge is 0.114 e. The fraction of sp³-hybridized carbons (Fsp3) is 0.333. The molecule has 0 aliphatic carbocycles. The molecule has 0 spiro atoms. The lowest BCUT2D eigenvalue weighted by Crippen LogP contribution is -2.03. The number of hydrogen-bond acceptors (Lipinski definition) is 11. The number of rotatable bonds is 18. The Labute approximate surface area is 404 Å². The minimum atomic E-state index is 0.688. The van der Waals surface area contributed by atoms with Crippen molar-refractivity contribution in [2.75, 3.05) is 0 Å². The van der Waals surface area contributed by atoms with E-state index in [1.807, 2.05) is 45.3 Å². The average Bonchev–Trinajstić information content (AvgIpc) is 4.13. The molecule has 2 atom stereocenters. The highest BCUT2D eigenvalue weighted by molar-refractivity contribution is 9.11. The van der Waals surface area contributed by atoms with E-state index in [4.69, 9.17) is 17.5 Å². The van der Waals surface area contributed by atoms with Crippen molar-refractivity contribution in [2.24, 2.45) is 11.8 Å².